The topological polar surface area (TPSA) is 26.0 Å². The molecule has 0 aliphatic carbocycles. The number of benzene rings is 1. The Morgan fingerprint density at radius 3 is 2.85 bits per heavy atom. The number of halogens is 2. The van der Waals surface area contributed by atoms with Crippen LogP contribution in [-0.2, 0) is 0 Å². The van der Waals surface area contributed by atoms with Crippen LogP contribution in [0.4, 0.5) is 4.39 Å². The molecule has 0 saturated carbocycles. The molecule has 0 spiro atoms. The van der Waals surface area contributed by atoms with E-state index in [4.69, 9.17) is 4.42 Å². The van der Waals surface area contributed by atoms with Gasteiger partial charge in [-0.05, 0) is 22.9 Å². The van der Waals surface area contributed by atoms with E-state index < -0.39 is 0 Å². The van der Waals surface area contributed by atoms with E-state index in [9.17, 15) is 4.39 Å². The molecular weight excluding hydrogens is 237 g/mol. The Morgan fingerprint density at radius 1 is 1.46 bits per heavy atom. The Labute approximate surface area is 82.9 Å². The van der Waals surface area contributed by atoms with Crippen molar-refractivity contribution in [2.75, 3.05) is 0 Å². The van der Waals surface area contributed by atoms with Crippen molar-refractivity contribution in [2.24, 2.45) is 0 Å². The predicted octanol–water partition coefficient (Wildman–Crippen LogP) is 3.35. The summed E-state index contributed by atoms with van der Waals surface area (Å²) in [5.41, 5.74) is 1.72. The minimum atomic E-state index is -0.277. The lowest BCUT2D eigenvalue weighted by Crippen LogP contribution is -1.85. The van der Waals surface area contributed by atoms with Crippen molar-refractivity contribution in [3.05, 3.63) is 27.8 Å². The predicted molar refractivity (Wildman–Crippen MR) is 51.1 cm³/mol. The van der Waals surface area contributed by atoms with Crippen LogP contribution in [0.3, 0.4) is 0 Å². The molecule has 1 aromatic heterocycles. The van der Waals surface area contributed by atoms with Gasteiger partial charge in [-0.1, -0.05) is 0 Å². The fourth-order valence-electron chi connectivity index (χ4n) is 1.27. The third-order valence-electron chi connectivity index (χ3n) is 1.91. The van der Waals surface area contributed by atoms with Crippen LogP contribution in [0.15, 0.2) is 15.0 Å². The highest BCUT2D eigenvalue weighted by Gasteiger charge is 2.12. The van der Waals surface area contributed by atoms with Gasteiger partial charge in [-0.15, -0.1) is 0 Å². The van der Waals surface area contributed by atoms with Crippen LogP contribution >= 0.6 is 15.9 Å². The van der Waals surface area contributed by atoms with Crippen molar-refractivity contribution < 1.29 is 8.81 Å². The summed E-state index contributed by atoms with van der Waals surface area (Å²) in [7, 11) is 0. The molecule has 2 nitrogen and oxygen atoms in total. The Bertz CT molecular complexity index is 478. The largest absolute Gasteiger partial charge is 0.441 e. The highest BCUT2D eigenvalue weighted by molar-refractivity contribution is 9.10. The molecule has 4 heteroatoms. The minimum Gasteiger partial charge on any atom is -0.441 e. The third-order valence-corrected chi connectivity index (χ3v) is 2.49. The first kappa shape index (κ1) is 8.69. The molecule has 1 heterocycles. The Kier molecular flexibility index (Phi) is 1.87. The van der Waals surface area contributed by atoms with Gasteiger partial charge in [0, 0.05) is 18.6 Å². The molecule has 0 aliphatic rings. The van der Waals surface area contributed by atoms with E-state index in [-0.39, 0.29) is 5.82 Å². The van der Waals surface area contributed by atoms with Crippen LogP contribution in [0.2, 0.25) is 0 Å². The maximum absolute atomic E-state index is 13.3. The molecule has 2 aromatic rings. The first-order valence-electron chi connectivity index (χ1n) is 3.81. The van der Waals surface area contributed by atoms with Gasteiger partial charge in [-0.25, -0.2) is 9.37 Å². The van der Waals surface area contributed by atoms with E-state index in [2.05, 4.69) is 20.9 Å². The summed E-state index contributed by atoms with van der Waals surface area (Å²) in [4.78, 5) is 4.09. The number of hydrogen-bond acceptors (Lipinski definition) is 2. The van der Waals surface area contributed by atoms with Gasteiger partial charge in [0.2, 0.25) is 0 Å². The summed E-state index contributed by atoms with van der Waals surface area (Å²) in [5.74, 6) is 0.274. The quantitative estimate of drug-likeness (QED) is 0.710. The first-order valence-corrected chi connectivity index (χ1v) is 4.60. The fraction of sp³-hybridized carbons (Fsp3) is 0.222. The molecule has 0 fully saturated rings. The molecule has 0 amide bonds. The van der Waals surface area contributed by atoms with Crippen LogP contribution in [0.25, 0.3) is 11.1 Å². The van der Waals surface area contributed by atoms with Gasteiger partial charge < -0.3 is 4.42 Å². The molecule has 68 valence electrons. The summed E-state index contributed by atoms with van der Waals surface area (Å²) in [6, 6.07) is 1.59. The normalized spacial score (nSPS) is 11.1. The zero-order chi connectivity index (χ0) is 9.59. The highest BCUT2D eigenvalue weighted by Crippen LogP contribution is 2.27. The Balaban J connectivity index is 2.92. The molecule has 0 atom stereocenters. The highest BCUT2D eigenvalue weighted by atomic mass is 79.9. The maximum atomic E-state index is 13.3. The SMILES string of the molecule is Cc1nc2c(C)c(F)c(Br)cc2o1. The number of aryl methyl sites for hydroxylation is 2. The van der Waals surface area contributed by atoms with Gasteiger partial charge in [-0.3, -0.25) is 0 Å². The second-order valence-corrected chi connectivity index (χ2v) is 3.73. The van der Waals surface area contributed by atoms with Crippen LogP contribution < -0.4 is 0 Å². The molecule has 0 radical (unpaired) electrons. The van der Waals surface area contributed by atoms with E-state index in [1.807, 2.05) is 0 Å². The Morgan fingerprint density at radius 2 is 2.15 bits per heavy atom. The average Bonchev–Trinajstić information content (AvgIpc) is 2.42. The number of nitrogens with zero attached hydrogens (tertiary/aromatic N) is 1. The molecule has 0 N–H and O–H groups in total. The summed E-state index contributed by atoms with van der Waals surface area (Å²) in [5, 5.41) is 0. The van der Waals surface area contributed by atoms with Crippen LogP contribution in [-0.4, -0.2) is 4.98 Å². The van der Waals surface area contributed by atoms with Gasteiger partial charge in [0.25, 0.3) is 0 Å². The van der Waals surface area contributed by atoms with E-state index in [1.165, 1.54) is 0 Å². The van der Waals surface area contributed by atoms with Crippen LogP contribution in [0.5, 0.6) is 0 Å². The van der Waals surface area contributed by atoms with Crippen molar-refractivity contribution in [3.8, 4) is 0 Å². The summed E-state index contributed by atoms with van der Waals surface area (Å²) in [6.45, 7) is 3.43. The minimum absolute atomic E-state index is 0.277. The van der Waals surface area contributed by atoms with Gasteiger partial charge in [0.15, 0.2) is 11.5 Å². The number of hydrogen-bond donors (Lipinski definition) is 0. The molecule has 2 rings (SSSR count). The average molecular weight is 244 g/mol. The van der Waals surface area contributed by atoms with Gasteiger partial charge in [0.1, 0.15) is 11.3 Å². The van der Waals surface area contributed by atoms with E-state index in [0.29, 0.717) is 27.0 Å². The Hall–Kier alpha value is -0.900. The van der Waals surface area contributed by atoms with E-state index in [0.717, 1.165) is 0 Å². The lowest BCUT2D eigenvalue weighted by atomic mass is 10.2. The van der Waals surface area contributed by atoms with Crippen LogP contribution in [0.1, 0.15) is 11.5 Å². The zero-order valence-electron chi connectivity index (χ0n) is 7.19. The number of fused-ring (bicyclic) bond motifs is 1. The smallest absolute Gasteiger partial charge is 0.192 e. The molecular formula is C9H7BrFNO. The molecule has 0 saturated heterocycles. The number of rotatable bonds is 0. The van der Waals surface area contributed by atoms with E-state index in [1.54, 1.807) is 19.9 Å². The van der Waals surface area contributed by atoms with Crippen molar-refractivity contribution in [1.29, 1.82) is 0 Å². The second-order valence-electron chi connectivity index (χ2n) is 2.88. The lowest BCUT2D eigenvalue weighted by Gasteiger charge is -1.98. The summed E-state index contributed by atoms with van der Waals surface area (Å²) < 4.78 is 19.0. The maximum Gasteiger partial charge on any atom is 0.192 e. The summed E-state index contributed by atoms with van der Waals surface area (Å²) in [6.07, 6.45) is 0. The van der Waals surface area contributed by atoms with E-state index >= 15 is 0 Å². The van der Waals surface area contributed by atoms with Gasteiger partial charge in [-0.2, -0.15) is 0 Å². The fourth-order valence-corrected chi connectivity index (χ4v) is 1.78. The molecule has 0 aliphatic heterocycles. The second kappa shape index (κ2) is 2.80. The summed E-state index contributed by atoms with van der Waals surface area (Å²) >= 11 is 3.11. The van der Waals surface area contributed by atoms with Crippen molar-refractivity contribution in [2.45, 2.75) is 13.8 Å². The van der Waals surface area contributed by atoms with Crippen LogP contribution in [0, 0.1) is 19.7 Å². The van der Waals surface area contributed by atoms with Gasteiger partial charge >= 0.3 is 0 Å². The molecule has 0 bridgehead atoms. The van der Waals surface area contributed by atoms with Crippen molar-refractivity contribution in [3.63, 3.8) is 0 Å². The molecule has 13 heavy (non-hydrogen) atoms. The van der Waals surface area contributed by atoms with Crippen molar-refractivity contribution >= 4 is 27.0 Å². The zero-order valence-corrected chi connectivity index (χ0v) is 8.77. The molecule has 0 unspecified atom stereocenters. The first-order chi connectivity index (χ1) is 6.09. The monoisotopic (exact) mass is 243 g/mol. The van der Waals surface area contributed by atoms with Gasteiger partial charge in [0.05, 0.1) is 4.47 Å². The standard InChI is InChI=1S/C9H7BrFNO/c1-4-8(11)6(10)3-7-9(4)12-5(2)13-7/h3H,1-2H3. The molecule has 1 aromatic carbocycles. The van der Waals surface area contributed by atoms with Crippen molar-refractivity contribution in [1.82, 2.24) is 4.98 Å². The number of aromatic nitrogens is 1. The third kappa shape index (κ3) is 1.25. The lowest BCUT2D eigenvalue weighted by molar-refractivity contribution is 0.559. The number of oxazole rings is 1.